The van der Waals surface area contributed by atoms with Gasteiger partial charge in [-0.05, 0) is 71.4 Å². The first-order chi connectivity index (χ1) is 16.0. The van der Waals surface area contributed by atoms with E-state index in [1.165, 1.54) is 12.5 Å². The minimum Gasteiger partial charge on any atom is -0.493 e. The molecule has 2 aromatic heterocycles. The lowest BCUT2D eigenvalue weighted by molar-refractivity contribution is -0.132. The monoisotopic (exact) mass is 515 g/mol. The maximum atomic E-state index is 11.4. The molecule has 0 atom stereocenters. The van der Waals surface area contributed by atoms with Crippen molar-refractivity contribution >= 4 is 21.9 Å². The summed E-state index contributed by atoms with van der Waals surface area (Å²) in [4.78, 5) is 15.9. The van der Waals surface area contributed by atoms with Crippen molar-refractivity contribution in [2.24, 2.45) is 0 Å². The third kappa shape index (κ3) is 6.35. The molecule has 3 aromatic rings. The van der Waals surface area contributed by atoms with Gasteiger partial charge in [0.15, 0.2) is 17.3 Å². The largest absolute Gasteiger partial charge is 0.493 e. The molecular formula is C25H30BrN3O4. The molecule has 176 valence electrons. The van der Waals surface area contributed by atoms with Crippen LogP contribution in [0.1, 0.15) is 57.2 Å². The van der Waals surface area contributed by atoms with Crippen molar-refractivity contribution in [3.8, 4) is 23.1 Å². The first kappa shape index (κ1) is 24.8. The lowest BCUT2D eigenvalue weighted by Crippen LogP contribution is -2.07. The van der Waals surface area contributed by atoms with Crippen molar-refractivity contribution < 1.29 is 19.0 Å². The summed E-state index contributed by atoms with van der Waals surface area (Å²) in [6, 6.07) is 9.14. The van der Waals surface area contributed by atoms with Crippen LogP contribution in [0.3, 0.4) is 0 Å². The minimum absolute atomic E-state index is 0.355. The smallest absolute Gasteiger partial charge is 0.308 e. The topological polar surface area (TPSA) is 75.5 Å². The van der Waals surface area contributed by atoms with Gasteiger partial charge in [0.05, 0.1) is 19.4 Å². The van der Waals surface area contributed by atoms with Crippen LogP contribution in [0.25, 0.3) is 5.82 Å². The second-order valence-electron chi connectivity index (χ2n) is 7.67. The Morgan fingerprint density at radius 1 is 1.15 bits per heavy atom. The predicted molar refractivity (Wildman–Crippen MR) is 131 cm³/mol. The van der Waals surface area contributed by atoms with Crippen molar-refractivity contribution in [1.29, 1.82) is 0 Å². The summed E-state index contributed by atoms with van der Waals surface area (Å²) < 4.78 is 19.4. The maximum absolute atomic E-state index is 11.4. The molecule has 2 heterocycles. The Balaban J connectivity index is 1.75. The molecule has 0 fully saturated rings. The molecular weight excluding hydrogens is 486 g/mol. The summed E-state index contributed by atoms with van der Waals surface area (Å²) in [5.74, 6) is 2.09. The molecule has 0 radical (unpaired) electrons. The molecule has 1 aromatic carbocycles. The van der Waals surface area contributed by atoms with E-state index in [4.69, 9.17) is 19.3 Å². The first-order valence-electron chi connectivity index (χ1n) is 11.1. The predicted octanol–water partition coefficient (Wildman–Crippen LogP) is 5.88. The molecule has 3 rings (SSSR count). The van der Waals surface area contributed by atoms with Gasteiger partial charge in [-0.2, -0.15) is 5.10 Å². The second-order valence-corrected chi connectivity index (χ2v) is 8.58. The lowest BCUT2D eigenvalue weighted by atomic mass is 9.95. The van der Waals surface area contributed by atoms with Gasteiger partial charge in [0.1, 0.15) is 0 Å². The number of ether oxygens (including phenoxy) is 3. The van der Waals surface area contributed by atoms with E-state index in [-0.39, 0.29) is 0 Å². The van der Waals surface area contributed by atoms with E-state index in [2.05, 4.69) is 41.0 Å². The number of hydrogen-bond donors (Lipinski definition) is 0. The van der Waals surface area contributed by atoms with Crippen LogP contribution in [0, 0.1) is 0 Å². The van der Waals surface area contributed by atoms with E-state index in [0.29, 0.717) is 29.8 Å². The summed E-state index contributed by atoms with van der Waals surface area (Å²) in [6.45, 7) is 6.19. The van der Waals surface area contributed by atoms with Gasteiger partial charge >= 0.3 is 5.97 Å². The van der Waals surface area contributed by atoms with Crippen LogP contribution in [-0.2, 0) is 11.2 Å². The number of nitrogens with zero attached hydrogens (tertiary/aromatic N) is 3. The number of aromatic nitrogens is 3. The molecule has 0 saturated heterocycles. The van der Waals surface area contributed by atoms with Gasteiger partial charge in [0.25, 0.3) is 0 Å². The Morgan fingerprint density at radius 3 is 2.55 bits per heavy atom. The number of esters is 1. The number of benzene rings is 1. The highest BCUT2D eigenvalue weighted by Crippen LogP contribution is 2.37. The molecule has 0 bridgehead atoms. The molecule has 0 aliphatic rings. The molecule has 0 aliphatic carbocycles. The zero-order chi connectivity index (χ0) is 23.8. The van der Waals surface area contributed by atoms with E-state index in [9.17, 15) is 4.79 Å². The lowest BCUT2D eigenvalue weighted by Gasteiger charge is -2.15. The zero-order valence-corrected chi connectivity index (χ0v) is 21.1. The summed E-state index contributed by atoms with van der Waals surface area (Å²) in [5.41, 5.74) is 2.31. The number of aryl methyl sites for hydroxylation is 1. The summed E-state index contributed by atoms with van der Waals surface area (Å²) in [7, 11) is 1.56. The highest BCUT2D eigenvalue weighted by molar-refractivity contribution is 9.10. The third-order valence-corrected chi connectivity index (χ3v) is 5.86. The molecule has 0 amide bonds. The van der Waals surface area contributed by atoms with Crippen LogP contribution in [0.4, 0.5) is 0 Å². The fraction of sp³-hybridized carbons (Fsp3) is 0.400. The van der Waals surface area contributed by atoms with Crippen LogP contribution in [0.15, 0.2) is 47.2 Å². The second kappa shape index (κ2) is 11.8. The van der Waals surface area contributed by atoms with E-state index < -0.39 is 5.97 Å². The van der Waals surface area contributed by atoms with Crippen molar-refractivity contribution in [3.63, 3.8) is 0 Å². The Hall–Kier alpha value is -2.87. The van der Waals surface area contributed by atoms with Crippen LogP contribution < -0.4 is 14.2 Å². The van der Waals surface area contributed by atoms with Crippen molar-refractivity contribution in [2.45, 2.75) is 52.4 Å². The van der Waals surface area contributed by atoms with Gasteiger partial charge in [-0.15, -0.1) is 0 Å². The molecule has 0 saturated carbocycles. The van der Waals surface area contributed by atoms with Crippen LogP contribution in [0.2, 0.25) is 0 Å². The normalized spacial score (nSPS) is 11.0. The highest BCUT2D eigenvalue weighted by Gasteiger charge is 2.18. The number of halogens is 1. The fourth-order valence-corrected chi connectivity index (χ4v) is 3.96. The SMILES string of the molecule is CCC(CC)c1nn(-c2ccc(Br)cn2)cc1CCCOc1c(OC)cccc1OC(C)=O. The van der Waals surface area contributed by atoms with E-state index in [0.717, 1.165) is 41.7 Å². The number of rotatable bonds is 11. The van der Waals surface area contributed by atoms with Gasteiger partial charge in [-0.3, -0.25) is 4.79 Å². The van der Waals surface area contributed by atoms with E-state index in [1.54, 1.807) is 31.5 Å². The van der Waals surface area contributed by atoms with Crippen molar-refractivity contribution in [2.75, 3.05) is 13.7 Å². The van der Waals surface area contributed by atoms with Gasteiger partial charge in [0.2, 0.25) is 5.75 Å². The van der Waals surface area contributed by atoms with Crippen LogP contribution in [-0.4, -0.2) is 34.5 Å². The number of para-hydroxylation sites is 1. The summed E-state index contributed by atoms with van der Waals surface area (Å²) in [5, 5.41) is 4.88. The highest BCUT2D eigenvalue weighted by atomic mass is 79.9. The number of pyridine rings is 1. The van der Waals surface area contributed by atoms with E-state index in [1.807, 2.05) is 16.8 Å². The molecule has 0 N–H and O–H groups in total. The van der Waals surface area contributed by atoms with Crippen molar-refractivity contribution in [3.05, 3.63) is 58.5 Å². The Morgan fingerprint density at radius 2 is 1.91 bits per heavy atom. The molecule has 0 spiro atoms. The van der Waals surface area contributed by atoms with Gasteiger partial charge < -0.3 is 14.2 Å². The molecule has 0 aliphatic heterocycles. The maximum Gasteiger partial charge on any atom is 0.308 e. The molecule has 8 heteroatoms. The first-order valence-corrected chi connectivity index (χ1v) is 11.9. The molecule has 0 unspecified atom stereocenters. The number of hydrogen-bond acceptors (Lipinski definition) is 6. The number of carbonyl (C=O) groups excluding carboxylic acids is 1. The average Bonchev–Trinajstić information content (AvgIpc) is 3.22. The van der Waals surface area contributed by atoms with Gasteiger partial charge in [-0.25, -0.2) is 9.67 Å². The van der Waals surface area contributed by atoms with Gasteiger partial charge in [0, 0.05) is 29.7 Å². The van der Waals surface area contributed by atoms with Crippen LogP contribution in [0.5, 0.6) is 17.2 Å². The summed E-state index contributed by atoms with van der Waals surface area (Å²) in [6.07, 6.45) is 7.46. The summed E-state index contributed by atoms with van der Waals surface area (Å²) >= 11 is 3.43. The third-order valence-electron chi connectivity index (χ3n) is 5.39. The zero-order valence-electron chi connectivity index (χ0n) is 19.5. The quantitative estimate of drug-likeness (QED) is 0.180. The minimum atomic E-state index is -0.406. The Labute approximate surface area is 203 Å². The van der Waals surface area contributed by atoms with Gasteiger partial charge in [-0.1, -0.05) is 19.9 Å². The number of methoxy groups -OCH3 is 1. The van der Waals surface area contributed by atoms with E-state index >= 15 is 0 Å². The fourth-order valence-electron chi connectivity index (χ4n) is 3.73. The van der Waals surface area contributed by atoms with Crippen LogP contribution >= 0.6 is 15.9 Å². The molecule has 33 heavy (non-hydrogen) atoms. The average molecular weight is 516 g/mol. The standard InChI is InChI=1S/C25H30BrN3O4/c1-5-18(6-2)24-19(16-29(28-24)23-13-12-20(26)15-27-23)9-8-14-32-25-21(31-4)10-7-11-22(25)33-17(3)30/h7,10-13,15-16,18H,5-6,8-9,14H2,1-4H3. The number of carbonyl (C=O) groups is 1. The van der Waals surface area contributed by atoms with Crippen molar-refractivity contribution in [1.82, 2.24) is 14.8 Å². The molecule has 7 nitrogen and oxygen atoms in total. The Kier molecular flexibility index (Phi) is 8.88. The Bertz CT molecular complexity index is 1060.